The van der Waals surface area contributed by atoms with Crippen molar-refractivity contribution >= 4 is 11.7 Å². The fourth-order valence-corrected chi connectivity index (χ4v) is 2.58. The van der Waals surface area contributed by atoms with E-state index >= 15 is 0 Å². The van der Waals surface area contributed by atoms with Gasteiger partial charge < -0.3 is 10.2 Å². The van der Waals surface area contributed by atoms with Gasteiger partial charge in [-0.1, -0.05) is 20.3 Å². The number of nitrogens with zero attached hydrogens (tertiary/aromatic N) is 2. The highest BCUT2D eigenvalue weighted by Gasteiger charge is 2.31. The van der Waals surface area contributed by atoms with Crippen LogP contribution in [0.3, 0.4) is 0 Å². The molecule has 0 saturated carbocycles. The Morgan fingerprint density at radius 3 is 2.70 bits per heavy atom. The normalized spacial score (nSPS) is 17.9. The van der Waals surface area contributed by atoms with E-state index in [0.29, 0.717) is 16.8 Å². The van der Waals surface area contributed by atoms with E-state index in [4.69, 9.17) is 0 Å². The third kappa shape index (κ3) is 2.92. The Hall–Kier alpha value is -1.65. The molecular weight excluding hydrogens is 257 g/mol. The molecule has 1 aliphatic heterocycles. The molecule has 1 aromatic rings. The van der Waals surface area contributed by atoms with E-state index in [0.717, 1.165) is 38.5 Å². The maximum Gasteiger partial charge on any atom is 0.257 e. The van der Waals surface area contributed by atoms with E-state index in [1.54, 1.807) is 11.9 Å². The second kappa shape index (κ2) is 5.77. The van der Waals surface area contributed by atoms with Gasteiger partial charge in [-0.15, -0.1) is 0 Å². The van der Waals surface area contributed by atoms with Gasteiger partial charge in [0.05, 0.1) is 11.8 Å². The molecule has 4 nitrogen and oxygen atoms in total. The lowest BCUT2D eigenvalue weighted by Crippen LogP contribution is -2.42. The molecular formula is C15H22FN3O. The minimum absolute atomic E-state index is 0.139. The summed E-state index contributed by atoms with van der Waals surface area (Å²) in [6.07, 6.45) is 4.23. The first-order chi connectivity index (χ1) is 9.49. The van der Waals surface area contributed by atoms with Gasteiger partial charge >= 0.3 is 0 Å². The Morgan fingerprint density at radius 2 is 2.15 bits per heavy atom. The molecule has 0 radical (unpaired) electrons. The summed E-state index contributed by atoms with van der Waals surface area (Å²) in [5.74, 6) is -0.192. The molecule has 110 valence electrons. The van der Waals surface area contributed by atoms with Crippen LogP contribution < -0.4 is 5.32 Å². The average molecular weight is 279 g/mol. The number of rotatable bonds is 3. The number of halogens is 1. The summed E-state index contributed by atoms with van der Waals surface area (Å²) in [5.41, 5.74) is 0.635. The number of piperidine rings is 1. The largest absolute Gasteiger partial charge is 0.372 e. The molecule has 0 aliphatic carbocycles. The number of nitrogens with one attached hydrogen (secondary N) is 1. The molecule has 2 heterocycles. The van der Waals surface area contributed by atoms with E-state index in [9.17, 15) is 9.18 Å². The molecule has 0 unspecified atom stereocenters. The van der Waals surface area contributed by atoms with Crippen molar-refractivity contribution in [1.29, 1.82) is 0 Å². The summed E-state index contributed by atoms with van der Waals surface area (Å²) in [7, 11) is 1.68. The van der Waals surface area contributed by atoms with Gasteiger partial charge in [0.2, 0.25) is 0 Å². The molecule has 1 saturated heterocycles. The molecule has 20 heavy (non-hydrogen) atoms. The monoisotopic (exact) mass is 279 g/mol. The van der Waals surface area contributed by atoms with Crippen LogP contribution in [0.15, 0.2) is 12.3 Å². The number of pyridine rings is 1. The quantitative estimate of drug-likeness (QED) is 0.925. The molecule has 0 atom stereocenters. The van der Waals surface area contributed by atoms with Crippen LogP contribution in [0.4, 0.5) is 10.2 Å². The highest BCUT2D eigenvalue weighted by Crippen LogP contribution is 2.34. The molecule has 1 aromatic heterocycles. The molecule has 1 fully saturated rings. The Bertz CT molecular complexity index is 496. The van der Waals surface area contributed by atoms with Crippen LogP contribution in [0.5, 0.6) is 0 Å². The zero-order chi connectivity index (χ0) is 14.8. The van der Waals surface area contributed by atoms with E-state index in [2.05, 4.69) is 24.1 Å². The Balaban J connectivity index is 2.15. The van der Waals surface area contributed by atoms with Gasteiger partial charge in [0, 0.05) is 20.1 Å². The number of aromatic nitrogens is 1. The summed E-state index contributed by atoms with van der Waals surface area (Å²) in [6.45, 7) is 5.90. The van der Waals surface area contributed by atoms with Crippen molar-refractivity contribution in [3.63, 3.8) is 0 Å². The lowest BCUT2D eigenvalue weighted by molar-refractivity contribution is 0.0600. The fraction of sp³-hybridized carbons (Fsp3) is 0.600. The summed E-state index contributed by atoms with van der Waals surface area (Å²) >= 11 is 0. The zero-order valence-corrected chi connectivity index (χ0v) is 12.4. The van der Waals surface area contributed by atoms with E-state index in [1.807, 2.05) is 0 Å². The number of amides is 1. The van der Waals surface area contributed by atoms with Crippen molar-refractivity contribution in [2.75, 3.05) is 25.5 Å². The maximum absolute atomic E-state index is 13.3. The van der Waals surface area contributed by atoms with Crippen molar-refractivity contribution in [3.05, 3.63) is 23.6 Å². The Labute approximate surface area is 119 Å². The summed E-state index contributed by atoms with van der Waals surface area (Å²) < 4.78 is 13.3. The summed E-state index contributed by atoms with van der Waals surface area (Å²) in [4.78, 5) is 18.2. The molecule has 0 bridgehead atoms. The Kier molecular flexibility index (Phi) is 4.26. The maximum atomic E-state index is 13.3. The van der Waals surface area contributed by atoms with Crippen molar-refractivity contribution in [1.82, 2.24) is 9.88 Å². The zero-order valence-electron chi connectivity index (χ0n) is 12.4. The van der Waals surface area contributed by atoms with Crippen LogP contribution in [0, 0.1) is 11.2 Å². The first kappa shape index (κ1) is 14.8. The molecule has 1 aliphatic rings. The lowest BCUT2D eigenvalue weighted by atomic mass is 9.78. The molecule has 0 aromatic carbocycles. The predicted molar refractivity (Wildman–Crippen MR) is 77.3 cm³/mol. The van der Waals surface area contributed by atoms with Crippen molar-refractivity contribution in [2.24, 2.45) is 5.41 Å². The summed E-state index contributed by atoms with van der Waals surface area (Å²) in [5, 5.41) is 2.84. The van der Waals surface area contributed by atoms with Gasteiger partial charge in [0.1, 0.15) is 11.6 Å². The number of hydrogen-bond acceptors (Lipinski definition) is 3. The third-order valence-corrected chi connectivity index (χ3v) is 4.43. The third-order valence-electron chi connectivity index (χ3n) is 4.43. The first-order valence-electron chi connectivity index (χ1n) is 7.11. The van der Waals surface area contributed by atoms with Crippen molar-refractivity contribution < 1.29 is 9.18 Å². The molecule has 1 N–H and O–H groups in total. The van der Waals surface area contributed by atoms with Gasteiger partial charge in [-0.25, -0.2) is 9.37 Å². The number of carbonyl (C=O) groups excluding carboxylic acids is 1. The SMILES string of the molecule is CCC1(C)CCN(C(=O)c2cc(F)cnc2NC)CC1. The lowest BCUT2D eigenvalue weighted by Gasteiger charge is -2.39. The number of hydrogen-bond donors (Lipinski definition) is 1. The number of carbonyl (C=O) groups is 1. The number of likely N-dealkylation sites (tertiary alicyclic amines) is 1. The smallest absolute Gasteiger partial charge is 0.257 e. The minimum Gasteiger partial charge on any atom is -0.372 e. The number of anilines is 1. The topological polar surface area (TPSA) is 45.2 Å². The molecule has 2 rings (SSSR count). The van der Waals surface area contributed by atoms with Crippen LogP contribution in [-0.2, 0) is 0 Å². The van der Waals surface area contributed by atoms with E-state index < -0.39 is 5.82 Å². The second-order valence-corrected chi connectivity index (χ2v) is 5.76. The van der Waals surface area contributed by atoms with E-state index in [-0.39, 0.29) is 5.91 Å². The van der Waals surface area contributed by atoms with Gasteiger partial charge in [-0.05, 0) is 24.3 Å². The van der Waals surface area contributed by atoms with Crippen LogP contribution >= 0.6 is 0 Å². The first-order valence-corrected chi connectivity index (χ1v) is 7.11. The second-order valence-electron chi connectivity index (χ2n) is 5.76. The predicted octanol–water partition coefficient (Wildman–Crippen LogP) is 2.91. The minimum atomic E-state index is -0.484. The fourth-order valence-electron chi connectivity index (χ4n) is 2.58. The van der Waals surface area contributed by atoms with Gasteiger partial charge in [-0.2, -0.15) is 0 Å². The van der Waals surface area contributed by atoms with Crippen LogP contribution in [-0.4, -0.2) is 35.9 Å². The molecule has 0 spiro atoms. The molecule has 1 amide bonds. The van der Waals surface area contributed by atoms with E-state index in [1.165, 1.54) is 6.07 Å². The average Bonchev–Trinajstić information content (AvgIpc) is 2.47. The Morgan fingerprint density at radius 1 is 1.50 bits per heavy atom. The summed E-state index contributed by atoms with van der Waals surface area (Å²) in [6, 6.07) is 1.26. The van der Waals surface area contributed by atoms with Crippen LogP contribution in [0.25, 0.3) is 0 Å². The van der Waals surface area contributed by atoms with Gasteiger partial charge in [0.25, 0.3) is 5.91 Å². The van der Waals surface area contributed by atoms with Crippen LogP contribution in [0.1, 0.15) is 43.5 Å². The van der Waals surface area contributed by atoms with Crippen LogP contribution in [0.2, 0.25) is 0 Å². The van der Waals surface area contributed by atoms with Crippen molar-refractivity contribution in [2.45, 2.75) is 33.1 Å². The molecule has 5 heteroatoms. The standard InChI is InChI=1S/C15H22FN3O/c1-4-15(2)5-7-19(8-6-15)14(20)12-9-11(16)10-18-13(12)17-3/h9-10H,4-8H2,1-3H3,(H,17,18). The van der Waals surface area contributed by atoms with Gasteiger partial charge in [-0.3, -0.25) is 4.79 Å². The highest BCUT2D eigenvalue weighted by atomic mass is 19.1. The van der Waals surface area contributed by atoms with Gasteiger partial charge in [0.15, 0.2) is 0 Å². The highest BCUT2D eigenvalue weighted by molar-refractivity contribution is 5.98. The van der Waals surface area contributed by atoms with Crippen molar-refractivity contribution in [3.8, 4) is 0 Å².